The second kappa shape index (κ2) is 16.7. The number of sulfone groups is 1. The van der Waals surface area contributed by atoms with Crippen molar-refractivity contribution in [2.45, 2.75) is 51.5 Å². The summed E-state index contributed by atoms with van der Waals surface area (Å²) in [7, 11) is -0.430. The maximum absolute atomic E-state index is 12.9. The van der Waals surface area contributed by atoms with Crippen LogP contribution in [0.25, 0.3) is 0 Å². The number of hydrogen-bond donors (Lipinski definition) is 2. The molecular weight excluding hydrogens is 713 g/mol. The van der Waals surface area contributed by atoms with Gasteiger partial charge in [-0.3, -0.25) is 19.4 Å². The van der Waals surface area contributed by atoms with Crippen molar-refractivity contribution in [1.82, 2.24) is 9.78 Å². The van der Waals surface area contributed by atoms with Crippen LogP contribution in [0.2, 0.25) is 10.0 Å². The molecule has 2 N–H and O–H groups in total. The molecule has 0 saturated carbocycles. The van der Waals surface area contributed by atoms with Crippen molar-refractivity contribution in [1.29, 1.82) is 0 Å². The van der Waals surface area contributed by atoms with Gasteiger partial charge in [-0.15, -0.1) is 0 Å². The highest BCUT2D eigenvalue weighted by molar-refractivity contribution is 7.90. The maximum atomic E-state index is 12.9. The highest BCUT2D eigenvalue weighted by Crippen LogP contribution is 2.39. The van der Waals surface area contributed by atoms with Gasteiger partial charge in [-0.25, -0.2) is 23.0 Å². The molecule has 0 bridgehead atoms. The van der Waals surface area contributed by atoms with E-state index < -0.39 is 38.7 Å². The number of aromatic amines is 1. The predicted octanol–water partition coefficient (Wildman–Crippen LogP) is 4.47. The molecule has 0 saturated heterocycles. The number of ketones is 1. The number of carbonyl (C=O) groups is 3. The molecule has 0 amide bonds. The van der Waals surface area contributed by atoms with Crippen molar-refractivity contribution in [2.24, 2.45) is 12.1 Å². The molecule has 1 atom stereocenters. The van der Waals surface area contributed by atoms with Gasteiger partial charge in [0.15, 0.2) is 15.4 Å². The van der Waals surface area contributed by atoms with E-state index in [1.165, 1.54) is 36.0 Å². The third-order valence-electron chi connectivity index (χ3n) is 7.70. The Bertz CT molecular complexity index is 1970. The van der Waals surface area contributed by atoms with Crippen LogP contribution < -0.4 is 15.9 Å². The first kappa shape index (κ1) is 40.3. The maximum Gasteiger partial charge on any atom is 0.354 e. The van der Waals surface area contributed by atoms with E-state index in [-0.39, 0.29) is 41.4 Å². The smallest absolute Gasteiger partial charge is 0.354 e. The molecule has 0 radical (unpaired) electrons. The van der Waals surface area contributed by atoms with Crippen molar-refractivity contribution in [2.75, 3.05) is 50.1 Å². The summed E-state index contributed by atoms with van der Waals surface area (Å²) < 4.78 is 40.5. The molecule has 17 heteroatoms. The van der Waals surface area contributed by atoms with Crippen molar-refractivity contribution in [3.8, 4) is 0 Å². The van der Waals surface area contributed by atoms with Crippen LogP contribution in [0.4, 0.5) is 11.4 Å². The summed E-state index contributed by atoms with van der Waals surface area (Å²) in [5.41, 5.74) is 0.570. The quantitative estimate of drug-likeness (QED) is 0.152. The zero-order valence-electron chi connectivity index (χ0n) is 29.1. The van der Waals surface area contributed by atoms with E-state index in [2.05, 4.69) is 15.5 Å². The summed E-state index contributed by atoms with van der Waals surface area (Å²) in [6.07, 6.45) is 1.17. The number of hydrogen-bond acceptors (Lipinski definition) is 12. The van der Waals surface area contributed by atoms with Crippen LogP contribution in [0.5, 0.6) is 0 Å². The van der Waals surface area contributed by atoms with Gasteiger partial charge in [0.05, 0.1) is 41.1 Å². The Morgan fingerprint density at radius 3 is 2.28 bits per heavy atom. The van der Waals surface area contributed by atoms with Gasteiger partial charge in [0, 0.05) is 49.7 Å². The van der Waals surface area contributed by atoms with E-state index in [9.17, 15) is 27.6 Å². The predicted molar refractivity (Wildman–Crippen MR) is 192 cm³/mol. The van der Waals surface area contributed by atoms with Gasteiger partial charge in [-0.1, -0.05) is 23.2 Å². The lowest BCUT2D eigenvalue weighted by Gasteiger charge is -2.32. The second-order valence-corrected chi connectivity index (χ2v) is 14.3. The number of rotatable bonds is 12. The second-order valence-electron chi connectivity index (χ2n) is 11.5. The number of halogens is 2. The van der Waals surface area contributed by atoms with E-state index in [1.54, 1.807) is 52.8 Å². The number of esters is 2. The minimum atomic E-state index is -3.50. The first-order valence-corrected chi connectivity index (χ1v) is 18.1. The van der Waals surface area contributed by atoms with Gasteiger partial charge in [0.25, 0.3) is 5.56 Å². The van der Waals surface area contributed by atoms with Gasteiger partial charge < -0.3 is 19.5 Å². The molecule has 2 heterocycles. The molecule has 1 aliphatic rings. The summed E-state index contributed by atoms with van der Waals surface area (Å²) >= 11 is 12.2. The average molecular weight is 755 g/mol. The molecule has 4 rings (SSSR count). The Morgan fingerprint density at radius 2 is 1.74 bits per heavy atom. The number of nitrogens with zero attached hydrogens (tertiary/aromatic N) is 3. The minimum absolute atomic E-state index is 0.0468. The zero-order chi connectivity index (χ0) is 37.6. The summed E-state index contributed by atoms with van der Waals surface area (Å²) in [6, 6.07) is 7.65. The lowest BCUT2D eigenvalue weighted by Crippen LogP contribution is -2.48. The molecule has 0 spiro atoms. The minimum Gasteiger partial charge on any atom is -0.464 e. The molecule has 272 valence electrons. The standard InChI is InChI=1S/C17H23N3O5S.C16H18Cl2N2O4/c1-10-12(16(21)14-11(2)19-20(3)17(14)22)6-7-13(26(5,23)24)15(10)18-8-9-25-4;1-4-23-14(21)12-9-16(3,15(22)24-5-2)20(19-12)13-7-6-10(17)8-11(13)18/h6-7,18-19H,8-9H2,1-5H3;6-8H,4-5,9H2,1-3H3. The van der Waals surface area contributed by atoms with Gasteiger partial charge in [-0.05, 0) is 70.5 Å². The van der Waals surface area contributed by atoms with E-state index in [0.29, 0.717) is 45.8 Å². The molecule has 1 aliphatic heterocycles. The molecule has 0 fully saturated rings. The summed E-state index contributed by atoms with van der Waals surface area (Å²) in [4.78, 5) is 49.8. The molecular formula is C33H41Cl2N5O9S. The lowest BCUT2D eigenvalue weighted by atomic mass is 9.95. The topological polar surface area (TPSA) is 178 Å². The number of nitrogens with one attached hydrogen (secondary N) is 2. The number of methoxy groups -OCH3 is 1. The van der Waals surface area contributed by atoms with Crippen molar-refractivity contribution in [3.63, 3.8) is 0 Å². The van der Waals surface area contributed by atoms with Crippen LogP contribution in [-0.2, 0) is 40.7 Å². The Morgan fingerprint density at radius 1 is 1.08 bits per heavy atom. The van der Waals surface area contributed by atoms with E-state index >= 15 is 0 Å². The first-order valence-electron chi connectivity index (χ1n) is 15.5. The van der Waals surface area contributed by atoms with Crippen LogP contribution in [0, 0.1) is 13.8 Å². The fraction of sp³-hybridized carbons (Fsp3) is 0.424. The molecule has 1 aromatic heterocycles. The number of anilines is 2. The van der Waals surface area contributed by atoms with Crippen LogP contribution in [0.1, 0.15) is 54.4 Å². The van der Waals surface area contributed by atoms with Crippen LogP contribution in [0.3, 0.4) is 0 Å². The highest BCUT2D eigenvalue weighted by Gasteiger charge is 2.49. The first-order chi connectivity index (χ1) is 23.4. The largest absolute Gasteiger partial charge is 0.464 e. The summed E-state index contributed by atoms with van der Waals surface area (Å²) in [5, 5.41) is 12.3. The van der Waals surface area contributed by atoms with Gasteiger partial charge in [-0.2, -0.15) is 5.10 Å². The van der Waals surface area contributed by atoms with Crippen LogP contribution in [-0.4, -0.2) is 86.9 Å². The number of hydrazone groups is 1. The number of aromatic nitrogens is 2. The van der Waals surface area contributed by atoms with Crippen molar-refractivity contribution in [3.05, 3.63) is 73.1 Å². The fourth-order valence-corrected chi connectivity index (χ4v) is 6.64. The molecule has 0 aliphatic carbocycles. The number of ether oxygens (including phenoxy) is 3. The van der Waals surface area contributed by atoms with Gasteiger partial charge in [0.2, 0.25) is 5.78 Å². The lowest BCUT2D eigenvalue weighted by molar-refractivity contribution is -0.148. The van der Waals surface area contributed by atoms with Gasteiger partial charge in [0.1, 0.15) is 11.3 Å². The molecule has 50 heavy (non-hydrogen) atoms. The summed E-state index contributed by atoms with van der Waals surface area (Å²) in [6.45, 7) is 9.54. The van der Waals surface area contributed by atoms with E-state index in [0.717, 1.165) is 6.26 Å². The Balaban J connectivity index is 0.000000271. The normalized spacial score (nSPS) is 15.6. The molecule has 14 nitrogen and oxygen atoms in total. The molecule has 2 aromatic carbocycles. The molecule has 1 unspecified atom stereocenters. The zero-order valence-corrected chi connectivity index (χ0v) is 31.4. The van der Waals surface area contributed by atoms with Crippen LogP contribution >= 0.6 is 23.2 Å². The van der Waals surface area contributed by atoms with E-state index in [1.807, 2.05) is 0 Å². The molecule has 3 aromatic rings. The Hall–Kier alpha value is -4.18. The van der Waals surface area contributed by atoms with Crippen molar-refractivity contribution < 1.29 is 37.0 Å². The number of carbonyl (C=O) groups excluding carboxylic acids is 3. The number of aryl methyl sites for hydroxylation is 2. The SMILES string of the molecule is CCOC(=O)C1=NN(c2ccc(Cl)cc2Cl)C(C)(C(=O)OCC)C1.COCCNc1c(S(C)(=O)=O)ccc(C(=O)c2c(C)[nH]n(C)c2=O)c1C. The average Bonchev–Trinajstić information content (AvgIpc) is 3.52. The van der Waals surface area contributed by atoms with Crippen molar-refractivity contribution >= 4 is 67.8 Å². The Labute approximate surface area is 300 Å². The number of H-pyrrole nitrogens is 1. The van der Waals surface area contributed by atoms with Crippen LogP contribution in [0.15, 0.2) is 45.1 Å². The fourth-order valence-electron chi connectivity index (χ4n) is 5.24. The Kier molecular flexibility index (Phi) is 13.4. The summed E-state index contributed by atoms with van der Waals surface area (Å²) in [5.74, 6) is -1.52. The number of benzene rings is 2. The monoisotopic (exact) mass is 753 g/mol. The van der Waals surface area contributed by atoms with E-state index in [4.69, 9.17) is 37.4 Å². The third-order valence-corrected chi connectivity index (χ3v) is 9.38. The highest BCUT2D eigenvalue weighted by atomic mass is 35.5. The van der Waals surface area contributed by atoms with Gasteiger partial charge >= 0.3 is 11.9 Å². The third kappa shape index (κ3) is 8.75.